The summed E-state index contributed by atoms with van der Waals surface area (Å²) < 4.78 is 16.9. The Labute approximate surface area is 172 Å². The Bertz CT molecular complexity index is 709. The van der Waals surface area contributed by atoms with E-state index < -0.39 is 5.91 Å². The number of rotatable bonds is 9. The zero-order chi connectivity index (χ0) is 20.8. The zero-order valence-corrected chi connectivity index (χ0v) is 17.6. The third kappa shape index (κ3) is 5.14. The number of hydrogen-bond donors (Lipinski definition) is 2. The molecule has 7 nitrogen and oxygen atoms in total. The van der Waals surface area contributed by atoms with E-state index in [0.717, 1.165) is 12.3 Å². The van der Waals surface area contributed by atoms with Crippen LogP contribution in [0.25, 0.3) is 0 Å². The van der Waals surface area contributed by atoms with E-state index >= 15 is 0 Å². The van der Waals surface area contributed by atoms with Crippen LogP contribution in [-0.4, -0.2) is 31.6 Å². The van der Waals surface area contributed by atoms with Gasteiger partial charge in [-0.05, 0) is 69.9 Å². The molecule has 0 saturated heterocycles. The quantitative estimate of drug-likeness (QED) is 0.616. The van der Waals surface area contributed by atoms with Crippen LogP contribution in [0.2, 0.25) is 0 Å². The van der Waals surface area contributed by atoms with Crippen molar-refractivity contribution in [3.05, 3.63) is 17.7 Å². The van der Waals surface area contributed by atoms with E-state index in [4.69, 9.17) is 14.2 Å². The van der Waals surface area contributed by atoms with Gasteiger partial charge < -0.3 is 14.2 Å². The molecule has 0 aliphatic heterocycles. The maximum absolute atomic E-state index is 12.6. The van der Waals surface area contributed by atoms with E-state index in [1.807, 2.05) is 20.8 Å². The van der Waals surface area contributed by atoms with E-state index in [1.165, 1.54) is 19.3 Å². The highest BCUT2D eigenvalue weighted by molar-refractivity contribution is 5.96. The highest BCUT2D eigenvalue weighted by Gasteiger charge is 2.40. The zero-order valence-electron chi connectivity index (χ0n) is 17.6. The predicted molar refractivity (Wildman–Crippen MR) is 109 cm³/mol. The second kappa shape index (κ2) is 9.85. The summed E-state index contributed by atoms with van der Waals surface area (Å²) in [4.78, 5) is 24.9. The normalized spacial score (nSPS) is 22.2. The molecule has 2 bridgehead atoms. The van der Waals surface area contributed by atoms with Crippen LogP contribution in [0.5, 0.6) is 17.2 Å². The molecule has 1 aromatic rings. The van der Waals surface area contributed by atoms with E-state index in [1.54, 1.807) is 12.1 Å². The van der Waals surface area contributed by atoms with Gasteiger partial charge in [0.2, 0.25) is 11.7 Å². The van der Waals surface area contributed by atoms with Gasteiger partial charge in [-0.3, -0.25) is 20.4 Å². The molecule has 2 aliphatic rings. The standard InChI is InChI=1S/C22H32N2O5/c1-4-27-18-11-17(12-19(28-5-2)21(18)29-6-3)22(26)24-23-20(25)13-16-10-14-7-8-15(16)9-14/h11-12,14-16H,4-10,13H2,1-3H3,(H,23,25)(H,24,26)/t14-,15+,16+/m0/s1. The van der Waals surface area contributed by atoms with Gasteiger partial charge in [-0.1, -0.05) is 6.42 Å². The van der Waals surface area contributed by atoms with Crippen molar-refractivity contribution in [3.8, 4) is 17.2 Å². The summed E-state index contributed by atoms with van der Waals surface area (Å²) >= 11 is 0. The number of hydrogen-bond acceptors (Lipinski definition) is 5. The van der Waals surface area contributed by atoms with Gasteiger partial charge >= 0.3 is 0 Å². The Hall–Kier alpha value is -2.44. The average molecular weight is 405 g/mol. The van der Waals surface area contributed by atoms with Gasteiger partial charge in [-0.15, -0.1) is 0 Å². The van der Waals surface area contributed by atoms with E-state index in [0.29, 0.717) is 60.9 Å². The number of carbonyl (C=O) groups is 2. The van der Waals surface area contributed by atoms with Crippen molar-refractivity contribution < 1.29 is 23.8 Å². The van der Waals surface area contributed by atoms with Crippen molar-refractivity contribution in [2.24, 2.45) is 17.8 Å². The van der Waals surface area contributed by atoms with Gasteiger partial charge in [0.1, 0.15) is 0 Å². The van der Waals surface area contributed by atoms with E-state index in [2.05, 4.69) is 10.9 Å². The lowest BCUT2D eigenvalue weighted by atomic mass is 9.86. The molecule has 2 amide bonds. The largest absolute Gasteiger partial charge is 0.490 e. The third-order valence-electron chi connectivity index (χ3n) is 5.82. The summed E-state index contributed by atoms with van der Waals surface area (Å²) in [5.41, 5.74) is 5.41. The molecule has 160 valence electrons. The fraction of sp³-hybridized carbons (Fsp3) is 0.636. The molecule has 0 aromatic heterocycles. The minimum Gasteiger partial charge on any atom is -0.490 e. The molecule has 0 radical (unpaired) electrons. The Morgan fingerprint density at radius 1 is 0.931 bits per heavy atom. The van der Waals surface area contributed by atoms with Crippen molar-refractivity contribution in [2.45, 2.75) is 52.9 Å². The third-order valence-corrected chi connectivity index (χ3v) is 5.82. The van der Waals surface area contributed by atoms with Crippen LogP contribution in [0, 0.1) is 17.8 Å². The van der Waals surface area contributed by atoms with Crippen molar-refractivity contribution in [1.82, 2.24) is 10.9 Å². The number of carbonyl (C=O) groups excluding carboxylic acids is 2. The molecular weight excluding hydrogens is 372 g/mol. The first-order valence-electron chi connectivity index (χ1n) is 10.7. The van der Waals surface area contributed by atoms with Crippen LogP contribution in [0.1, 0.15) is 63.2 Å². The van der Waals surface area contributed by atoms with Crippen molar-refractivity contribution in [1.29, 1.82) is 0 Å². The SMILES string of the molecule is CCOc1cc(C(=O)NNC(=O)C[C@H]2C[C@H]3CC[C@@H]2C3)cc(OCC)c1OCC. The predicted octanol–water partition coefficient (Wildman–Crippen LogP) is 3.47. The molecule has 2 aliphatic carbocycles. The number of benzene rings is 1. The topological polar surface area (TPSA) is 85.9 Å². The lowest BCUT2D eigenvalue weighted by Gasteiger charge is -2.21. The molecule has 7 heteroatoms. The van der Waals surface area contributed by atoms with Crippen LogP contribution in [0.3, 0.4) is 0 Å². The highest BCUT2D eigenvalue weighted by atomic mass is 16.5. The van der Waals surface area contributed by atoms with E-state index in [9.17, 15) is 9.59 Å². The minimum absolute atomic E-state index is 0.142. The van der Waals surface area contributed by atoms with Crippen LogP contribution >= 0.6 is 0 Å². The number of amides is 2. The maximum atomic E-state index is 12.6. The van der Waals surface area contributed by atoms with Gasteiger partial charge in [0.05, 0.1) is 19.8 Å². The van der Waals surface area contributed by atoms with Crippen LogP contribution in [-0.2, 0) is 4.79 Å². The molecule has 0 spiro atoms. The van der Waals surface area contributed by atoms with Gasteiger partial charge in [-0.25, -0.2) is 0 Å². The fourth-order valence-corrected chi connectivity index (χ4v) is 4.63. The smallest absolute Gasteiger partial charge is 0.269 e. The van der Waals surface area contributed by atoms with Crippen molar-refractivity contribution >= 4 is 11.8 Å². The summed E-state index contributed by atoms with van der Waals surface area (Å²) in [5.74, 6) is 2.73. The van der Waals surface area contributed by atoms with Crippen LogP contribution < -0.4 is 25.1 Å². The lowest BCUT2D eigenvalue weighted by molar-refractivity contribution is -0.123. The number of hydrazine groups is 1. The molecule has 1 aromatic carbocycles. The molecule has 2 fully saturated rings. The Kier molecular flexibility index (Phi) is 7.23. The van der Waals surface area contributed by atoms with Crippen molar-refractivity contribution in [2.75, 3.05) is 19.8 Å². The molecule has 0 heterocycles. The maximum Gasteiger partial charge on any atom is 0.269 e. The highest BCUT2D eigenvalue weighted by Crippen LogP contribution is 2.49. The van der Waals surface area contributed by atoms with E-state index in [-0.39, 0.29) is 5.91 Å². The summed E-state index contributed by atoms with van der Waals surface area (Å²) in [6, 6.07) is 3.21. The number of ether oxygens (including phenoxy) is 3. The molecule has 3 rings (SSSR count). The van der Waals surface area contributed by atoms with Gasteiger partial charge in [-0.2, -0.15) is 0 Å². The molecular formula is C22H32N2O5. The number of nitrogens with one attached hydrogen (secondary N) is 2. The monoisotopic (exact) mass is 404 g/mol. The first-order chi connectivity index (χ1) is 14.0. The minimum atomic E-state index is -0.420. The van der Waals surface area contributed by atoms with Gasteiger partial charge in [0, 0.05) is 12.0 Å². The summed E-state index contributed by atoms with van der Waals surface area (Å²) in [7, 11) is 0. The van der Waals surface area contributed by atoms with Gasteiger partial charge in [0.25, 0.3) is 5.91 Å². The van der Waals surface area contributed by atoms with Crippen LogP contribution in [0.15, 0.2) is 12.1 Å². The average Bonchev–Trinajstić information content (AvgIpc) is 3.32. The molecule has 2 N–H and O–H groups in total. The number of fused-ring (bicyclic) bond motifs is 2. The summed E-state index contributed by atoms with van der Waals surface area (Å²) in [5, 5.41) is 0. The van der Waals surface area contributed by atoms with Gasteiger partial charge in [0.15, 0.2) is 11.5 Å². The summed E-state index contributed by atoms with van der Waals surface area (Å²) in [6.07, 6.45) is 5.42. The molecule has 0 unspecified atom stereocenters. The second-order valence-corrected chi connectivity index (χ2v) is 7.74. The Morgan fingerprint density at radius 2 is 1.59 bits per heavy atom. The lowest BCUT2D eigenvalue weighted by Crippen LogP contribution is -2.42. The molecule has 29 heavy (non-hydrogen) atoms. The first kappa shape index (κ1) is 21.3. The Morgan fingerprint density at radius 3 is 2.10 bits per heavy atom. The molecule has 3 atom stereocenters. The van der Waals surface area contributed by atoms with Crippen molar-refractivity contribution in [3.63, 3.8) is 0 Å². The van der Waals surface area contributed by atoms with Crippen LogP contribution in [0.4, 0.5) is 0 Å². The Balaban J connectivity index is 1.63. The fourth-order valence-electron chi connectivity index (χ4n) is 4.63. The first-order valence-corrected chi connectivity index (χ1v) is 10.7. The second-order valence-electron chi connectivity index (χ2n) is 7.74. The summed E-state index contributed by atoms with van der Waals surface area (Å²) in [6.45, 7) is 6.90. The molecule has 2 saturated carbocycles.